The van der Waals surface area contributed by atoms with E-state index in [9.17, 15) is 9.65 Å². The Bertz CT molecular complexity index is 1830. The molecule has 36 heavy (non-hydrogen) atoms. The molecule has 6 aromatic rings. The summed E-state index contributed by atoms with van der Waals surface area (Å²) in [6.07, 6.45) is 1.48. The summed E-state index contributed by atoms with van der Waals surface area (Å²) in [5.74, 6) is -0.289. The summed E-state index contributed by atoms with van der Waals surface area (Å²) in [5.41, 5.74) is 8.76. The molecule has 0 N–H and O–H groups in total. The standard InChI is InChI=1S/C32H22FN2O/c1-20-11-16-28-31(29(20)27-15-13-25(33)19-35(27)2)26-14-12-24(18-34)30(32(26)36-28)23-10-6-9-22(17-23)21-7-4-3-5-8-21/h3-17,19H,1-2H3/q+1. The zero-order chi connectivity index (χ0) is 24.8. The molecule has 0 aliphatic rings. The minimum Gasteiger partial charge on any atom is -0.455 e. The highest BCUT2D eigenvalue weighted by Crippen LogP contribution is 2.42. The van der Waals surface area contributed by atoms with E-state index in [2.05, 4.69) is 30.3 Å². The highest BCUT2D eigenvalue weighted by molar-refractivity contribution is 6.16. The number of nitrogens with zero attached hydrogens (tertiary/aromatic N) is 2. The summed E-state index contributed by atoms with van der Waals surface area (Å²) in [6.45, 7) is 2.05. The van der Waals surface area contributed by atoms with Gasteiger partial charge in [-0.05, 0) is 59.5 Å². The molecule has 0 saturated carbocycles. The Balaban J connectivity index is 1.67. The van der Waals surface area contributed by atoms with Crippen molar-refractivity contribution in [3.63, 3.8) is 0 Å². The first-order valence-electron chi connectivity index (χ1n) is 11.8. The summed E-state index contributed by atoms with van der Waals surface area (Å²) in [6, 6.07) is 31.8. The quantitative estimate of drug-likeness (QED) is 0.249. The van der Waals surface area contributed by atoms with E-state index in [1.165, 1.54) is 12.3 Å². The van der Waals surface area contributed by atoms with Gasteiger partial charge in [-0.2, -0.15) is 9.83 Å². The van der Waals surface area contributed by atoms with Crippen LogP contribution < -0.4 is 4.57 Å². The number of rotatable bonds is 3. The molecule has 0 aliphatic carbocycles. The Hall–Kier alpha value is -4.75. The SMILES string of the molecule is Cc1ccc2oc3c(-c4cccc(-c5ccccc5)c4)c(C#N)ccc3c2c1-c1ccc(F)c[n+]1C. The molecule has 172 valence electrons. The third-order valence-electron chi connectivity index (χ3n) is 6.75. The maximum atomic E-state index is 13.9. The van der Waals surface area contributed by atoms with Gasteiger partial charge in [-0.25, -0.2) is 4.39 Å². The van der Waals surface area contributed by atoms with Crippen LogP contribution in [-0.4, -0.2) is 0 Å². The van der Waals surface area contributed by atoms with Crippen LogP contribution in [0.5, 0.6) is 0 Å². The van der Waals surface area contributed by atoms with Gasteiger partial charge in [0.25, 0.3) is 0 Å². The van der Waals surface area contributed by atoms with Crippen molar-refractivity contribution in [3.05, 3.63) is 114 Å². The number of aromatic nitrogens is 1. The highest BCUT2D eigenvalue weighted by Gasteiger charge is 2.23. The molecule has 0 aliphatic heterocycles. The molecule has 0 spiro atoms. The monoisotopic (exact) mass is 469 g/mol. The summed E-state index contributed by atoms with van der Waals surface area (Å²) >= 11 is 0. The average molecular weight is 470 g/mol. The smallest absolute Gasteiger partial charge is 0.213 e. The molecule has 0 unspecified atom stereocenters. The Morgan fingerprint density at radius 1 is 0.806 bits per heavy atom. The number of aryl methyl sites for hydroxylation is 2. The maximum Gasteiger partial charge on any atom is 0.213 e. The third kappa shape index (κ3) is 3.45. The second kappa shape index (κ2) is 8.48. The Labute approximate surface area is 208 Å². The number of nitriles is 1. The number of pyridine rings is 1. The molecule has 0 radical (unpaired) electrons. The molecule has 0 amide bonds. The van der Waals surface area contributed by atoms with Gasteiger partial charge in [0.1, 0.15) is 18.2 Å². The summed E-state index contributed by atoms with van der Waals surface area (Å²) in [4.78, 5) is 0. The van der Waals surface area contributed by atoms with Crippen molar-refractivity contribution < 1.29 is 13.4 Å². The second-order valence-electron chi connectivity index (χ2n) is 9.00. The van der Waals surface area contributed by atoms with Crippen molar-refractivity contribution in [1.29, 1.82) is 5.26 Å². The fraction of sp³-hybridized carbons (Fsp3) is 0.0625. The van der Waals surface area contributed by atoms with E-state index < -0.39 is 0 Å². The number of halogens is 1. The van der Waals surface area contributed by atoms with Gasteiger partial charge < -0.3 is 4.42 Å². The topological polar surface area (TPSA) is 40.8 Å². The van der Waals surface area contributed by atoms with Crippen LogP contribution >= 0.6 is 0 Å². The average Bonchev–Trinajstić information content (AvgIpc) is 3.28. The van der Waals surface area contributed by atoms with Crippen LogP contribution in [0, 0.1) is 24.1 Å². The van der Waals surface area contributed by atoms with E-state index in [0.717, 1.165) is 55.4 Å². The van der Waals surface area contributed by atoms with Crippen molar-refractivity contribution in [2.24, 2.45) is 7.05 Å². The Morgan fingerprint density at radius 2 is 1.58 bits per heavy atom. The Kier molecular flexibility index (Phi) is 5.13. The van der Waals surface area contributed by atoms with Crippen LogP contribution in [-0.2, 0) is 7.05 Å². The molecule has 2 heterocycles. The van der Waals surface area contributed by atoms with E-state index in [4.69, 9.17) is 4.42 Å². The fourth-order valence-corrected chi connectivity index (χ4v) is 5.06. The molecule has 6 rings (SSSR count). The maximum absolute atomic E-state index is 13.9. The van der Waals surface area contributed by atoms with E-state index in [0.29, 0.717) is 11.1 Å². The van der Waals surface area contributed by atoms with Gasteiger partial charge >= 0.3 is 0 Å². The van der Waals surface area contributed by atoms with Gasteiger partial charge in [0.05, 0.1) is 17.2 Å². The minimum absolute atomic E-state index is 0.289. The lowest BCUT2D eigenvalue weighted by Crippen LogP contribution is -2.31. The molecule has 0 bridgehead atoms. The van der Waals surface area contributed by atoms with Crippen LogP contribution in [0.4, 0.5) is 4.39 Å². The lowest BCUT2D eigenvalue weighted by molar-refractivity contribution is -0.661. The van der Waals surface area contributed by atoms with Crippen molar-refractivity contribution in [2.45, 2.75) is 6.92 Å². The number of furan rings is 1. The molecule has 0 atom stereocenters. The van der Waals surface area contributed by atoms with Crippen molar-refractivity contribution >= 4 is 21.9 Å². The van der Waals surface area contributed by atoms with E-state index in [-0.39, 0.29) is 5.82 Å². The number of hydrogen-bond donors (Lipinski definition) is 0. The van der Waals surface area contributed by atoms with Crippen LogP contribution in [0.3, 0.4) is 0 Å². The van der Waals surface area contributed by atoms with Crippen LogP contribution in [0.1, 0.15) is 11.1 Å². The van der Waals surface area contributed by atoms with Crippen LogP contribution in [0.25, 0.3) is 55.4 Å². The molecular formula is C32H22FN2O+. The first kappa shape index (κ1) is 21.8. The van der Waals surface area contributed by atoms with E-state index >= 15 is 0 Å². The molecular weight excluding hydrogens is 447 g/mol. The lowest BCUT2D eigenvalue weighted by atomic mass is 9.93. The normalized spacial score (nSPS) is 11.2. The van der Waals surface area contributed by atoms with Crippen LogP contribution in [0.2, 0.25) is 0 Å². The lowest BCUT2D eigenvalue weighted by Gasteiger charge is -2.09. The molecule has 0 fully saturated rings. The first-order chi connectivity index (χ1) is 17.5. The number of fused-ring (bicyclic) bond motifs is 3. The molecule has 3 nitrogen and oxygen atoms in total. The van der Waals surface area contributed by atoms with E-state index in [1.54, 1.807) is 10.6 Å². The van der Waals surface area contributed by atoms with E-state index in [1.807, 2.05) is 68.6 Å². The zero-order valence-corrected chi connectivity index (χ0v) is 19.9. The predicted octanol–water partition coefficient (Wildman–Crippen LogP) is 7.73. The van der Waals surface area contributed by atoms with Crippen molar-refractivity contribution in [1.82, 2.24) is 0 Å². The molecule has 4 aromatic carbocycles. The zero-order valence-electron chi connectivity index (χ0n) is 19.9. The predicted molar refractivity (Wildman–Crippen MR) is 141 cm³/mol. The van der Waals surface area contributed by atoms with Crippen molar-refractivity contribution in [2.75, 3.05) is 0 Å². The van der Waals surface area contributed by atoms with Gasteiger partial charge in [-0.15, -0.1) is 0 Å². The van der Waals surface area contributed by atoms with Gasteiger partial charge in [-0.1, -0.05) is 54.6 Å². The molecule has 4 heteroatoms. The first-order valence-corrected chi connectivity index (χ1v) is 11.8. The fourth-order valence-electron chi connectivity index (χ4n) is 5.06. The summed E-state index contributed by atoms with van der Waals surface area (Å²) < 4.78 is 22.1. The molecule has 2 aromatic heterocycles. The van der Waals surface area contributed by atoms with Gasteiger partial charge in [0.2, 0.25) is 11.9 Å². The van der Waals surface area contributed by atoms with Gasteiger partial charge in [-0.3, -0.25) is 0 Å². The Morgan fingerprint density at radius 3 is 2.36 bits per heavy atom. The minimum atomic E-state index is -0.289. The third-order valence-corrected chi connectivity index (χ3v) is 6.75. The largest absolute Gasteiger partial charge is 0.455 e. The van der Waals surface area contributed by atoms with Crippen molar-refractivity contribution in [3.8, 4) is 39.6 Å². The highest BCUT2D eigenvalue weighted by atomic mass is 19.1. The summed E-state index contributed by atoms with van der Waals surface area (Å²) in [7, 11) is 1.84. The van der Waals surface area contributed by atoms with Gasteiger partial charge in [0, 0.05) is 22.4 Å². The van der Waals surface area contributed by atoms with Crippen LogP contribution in [0.15, 0.2) is 102 Å². The second-order valence-corrected chi connectivity index (χ2v) is 9.00. The number of hydrogen-bond acceptors (Lipinski definition) is 2. The number of benzene rings is 4. The summed E-state index contributed by atoms with van der Waals surface area (Å²) in [5, 5.41) is 11.9. The van der Waals surface area contributed by atoms with Gasteiger partial charge in [0.15, 0.2) is 5.82 Å². The molecule has 0 saturated heterocycles.